The van der Waals surface area contributed by atoms with Gasteiger partial charge in [-0.05, 0) is 30.8 Å². The summed E-state index contributed by atoms with van der Waals surface area (Å²) < 4.78 is 23.6. The molecule has 0 unspecified atom stereocenters. The molecule has 52 heavy (non-hydrogen) atoms. The first-order valence-electron chi connectivity index (χ1n) is 17.9. The molecule has 0 aliphatic carbocycles. The maximum Gasteiger partial charge on any atom is 0.330 e. The van der Waals surface area contributed by atoms with Crippen LogP contribution in [0.4, 0.5) is 0 Å². The lowest BCUT2D eigenvalue weighted by Crippen LogP contribution is -2.69. The van der Waals surface area contributed by atoms with Crippen molar-refractivity contribution < 1.29 is 13.6 Å². The van der Waals surface area contributed by atoms with Crippen molar-refractivity contribution in [1.82, 2.24) is 9.55 Å². The number of H-pyrrole nitrogens is 1. The molecule has 2 heterocycles. The lowest BCUT2D eigenvalue weighted by Gasteiger charge is -2.46. The maximum atomic E-state index is 13.4. The first kappa shape index (κ1) is 38.1. The Morgan fingerprint density at radius 3 is 1.54 bits per heavy atom. The summed E-state index contributed by atoms with van der Waals surface area (Å²) in [5, 5.41) is 4.44. The Morgan fingerprint density at radius 1 is 0.712 bits per heavy atom. The smallest absolute Gasteiger partial charge is 0.330 e. The van der Waals surface area contributed by atoms with Crippen molar-refractivity contribution in [2.75, 3.05) is 6.61 Å². The van der Waals surface area contributed by atoms with Gasteiger partial charge >= 0.3 is 5.69 Å². The molecule has 3 atom stereocenters. The van der Waals surface area contributed by atoms with Crippen molar-refractivity contribution in [3.05, 3.63) is 154 Å². The molecule has 1 N–H and O–H groups in total. The van der Waals surface area contributed by atoms with Crippen molar-refractivity contribution in [1.29, 1.82) is 0 Å². The number of nitrogens with one attached hydrogen (secondary N) is 1. The molecule has 4 aromatic carbocycles. The van der Waals surface area contributed by atoms with Gasteiger partial charge in [0.25, 0.3) is 22.2 Å². The Labute approximate surface area is 317 Å². The fourth-order valence-corrected chi connectivity index (χ4v) is 17.6. The lowest BCUT2D eigenvalue weighted by molar-refractivity contribution is -0.0402. The van der Waals surface area contributed by atoms with Crippen LogP contribution in [0.15, 0.2) is 137 Å². The molecule has 0 amide bonds. The summed E-state index contributed by atoms with van der Waals surface area (Å²) >= 11 is 3.41. The molecule has 10 heteroatoms. The van der Waals surface area contributed by atoms with Crippen LogP contribution < -0.4 is 32.0 Å². The van der Waals surface area contributed by atoms with Crippen LogP contribution in [-0.2, 0) is 18.9 Å². The molecule has 272 valence electrons. The number of aromatic nitrogens is 2. The van der Waals surface area contributed by atoms with Crippen LogP contribution in [0.2, 0.25) is 10.1 Å². The summed E-state index contributed by atoms with van der Waals surface area (Å²) in [6, 6.07) is 42.2. The van der Waals surface area contributed by atoms with Crippen LogP contribution in [0.25, 0.3) is 0 Å². The highest BCUT2D eigenvalue weighted by molar-refractivity contribution is 9.08. The number of benzene rings is 4. The zero-order valence-corrected chi connectivity index (χ0v) is 34.4. The molecule has 0 radical (unpaired) electrons. The quantitative estimate of drug-likeness (QED) is 0.127. The molecule has 1 fully saturated rings. The predicted octanol–water partition coefficient (Wildman–Crippen LogP) is 6.24. The van der Waals surface area contributed by atoms with Gasteiger partial charge in [0.05, 0.1) is 12.7 Å². The SMILES string of the molecule is CC(C)(C)[Si](OC[C@H]1O[C@@H](n2cc(CBr)c(=O)[nH]c2=O)C[C@@H]1O[Si](c1ccccc1)(c1ccccc1)C(C)(C)C)(c1ccccc1)c1ccccc1. The molecule has 5 aromatic rings. The van der Waals surface area contributed by atoms with Gasteiger partial charge in [0, 0.05) is 23.5 Å². The third-order valence-electron chi connectivity index (χ3n) is 10.3. The van der Waals surface area contributed by atoms with Gasteiger partial charge in [-0.2, -0.15) is 0 Å². The van der Waals surface area contributed by atoms with Crippen molar-refractivity contribution in [2.24, 2.45) is 0 Å². The van der Waals surface area contributed by atoms with E-state index in [1.54, 1.807) is 6.20 Å². The Kier molecular flexibility index (Phi) is 11.3. The van der Waals surface area contributed by atoms with Gasteiger partial charge in [-0.3, -0.25) is 14.3 Å². The van der Waals surface area contributed by atoms with Gasteiger partial charge in [0.15, 0.2) is 0 Å². The molecule has 7 nitrogen and oxygen atoms in total. The maximum absolute atomic E-state index is 13.4. The normalized spacial score (nSPS) is 18.4. The van der Waals surface area contributed by atoms with Gasteiger partial charge in [-0.25, -0.2) is 4.79 Å². The number of rotatable bonds is 11. The molecule has 6 rings (SSSR count). The van der Waals surface area contributed by atoms with Crippen molar-refractivity contribution in [2.45, 2.75) is 81.8 Å². The first-order valence-corrected chi connectivity index (χ1v) is 22.9. The van der Waals surface area contributed by atoms with Crippen LogP contribution in [-0.4, -0.2) is 45.0 Å². The van der Waals surface area contributed by atoms with Crippen LogP contribution >= 0.6 is 15.9 Å². The van der Waals surface area contributed by atoms with Gasteiger partial charge in [0.1, 0.15) is 12.3 Å². The van der Waals surface area contributed by atoms with E-state index in [2.05, 4.69) is 160 Å². The minimum Gasteiger partial charge on any atom is -0.405 e. The largest absolute Gasteiger partial charge is 0.405 e. The van der Waals surface area contributed by atoms with Gasteiger partial charge < -0.3 is 13.6 Å². The van der Waals surface area contributed by atoms with Crippen LogP contribution in [0.3, 0.4) is 0 Å². The van der Waals surface area contributed by atoms with E-state index in [0.29, 0.717) is 17.3 Å². The van der Waals surface area contributed by atoms with E-state index in [4.69, 9.17) is 13.6 Å². The highest BCUT2D eigenvalue weighted by atomic mass is 79.9. The van der Waals surface area contributed by atoms with Crippen molar-refractivity contribution in [3.63, 3.8) is 0 Å². The zero-order valence-electron chi connectivity index (χ0n) is 30.8. The van der Waals surface area contributed by atoms with E-state index < -0.39 is 46.3 Å². The molecule has 0 bridgehead atoms. The van der Waals surface area contributed by atoms with E-state index in [1.807, 2.05) is 24.3 Å². The first-order chi connectivity index (χ1) is 24.8. The summed E-state index contributed by atoms with van der Waals surface area (Å²) in [6.07, 6.45) is 0.345. The fraction of sp³-hybridized carbons (Fsp3) is 0.333. The van der Waals surface area contributed by atoms with Gasteiger partial charge in [-0.15, -0.1) is 0 Å². The van der Waals surface area contributed by atoms with E-state index >= 15 is 0 Å². The van der Waals surface area contributed by atoms with E-state index in [-0.39, 0.29) is 16.7 Å². The second-order valence-corrected chi connectivity index (χ2v) is 24.7. The van der Waals surface area contributed by atoms with E-state index in [9.17, 15) is 9.59 Å². The second kappa shape index (κ2) is 15.4. The summed E-state index contributed by atoms with van der Waals surface area (Å²) in [4.78, 5) is 28.4. The monoisotopic (exact) mass is 796 g/mol. The average molecular weight is 798 g/mol. The topological polar surface area (TPSA) is 82.5 Å². The molecule has 1 aliphatic rings. The molecule has 1 aliphatic heterocycles. The van der Waals surface area contributed by atoms with Crippen molar-refractivity contribution in [3.8, 4) is 0 Å². The molecule has 1 aromatic heterocycles. The number of hydrogen-bond acceptors (Lipinski definition) is 5. The number of halogens is 1. The summed E-state index contributed by atoms with van der Waals surface area (Å²) in [7, 11) is -5.99. The van der Waals surface area contributed by atoms with Crippen LogP contribution in [0, 0.1) is 0 Å². The average Bonchev–Trinajstić information content (AvgIpc) is 3.53. The third-order valence-corrected chi connectivity index (χ3v) is 21.0. The number of ether oxygens (including phenoxy) is 1. The van der Waals surface area contributed by atoms with E-state index in [0.717, 1.165) is 10.4 Å². The number of nitrogens with zero attached hydrogens (tertiary/aromatic N) is 1. The number of hydrogen-bond donors (Lipinski definition) is 1. The molecular weight excluding hydrogens is 749 g/mol. The minimum absolute atomic E-state index is 0.246. The van der Waals surface area contributed by atoms with Crippen molar-refractivity contribution >= 4 is 53.3 Å². The number of aromatic amines is 1. The lowest BCUT2D eigenvalue weighted by atomic mass is 10.2. The van der Waals surface area contributed by atoms with Gasteiger partial charge in [0.2, 0.25) is 0 Å². The molecular formula is C42H49BrN2O5Si2. The van der Waals surface area contributed by atoms with E-state index in [1.165, 1.54) is 14.9 Å². The Bertz CT molecular complexity index is 1970. The molecule has 1 saturated heterocycles. The molecule has 0 saturated carbocycles. The Balaban J connectivity index is 1.50. The summed E-state index contributed by atoms with van der Waals surface area (Å²) in [5.41, 5.74) is -0.486. The summed E-state index contributed by atoms with van der Waals surface area (Å²) in [6.45, 7) is 13.8. The fourth-order valence-electron chi connectivity index (χ4n) is 7.87. The Hall–Kier alpha value is -3.65. The number of alkyl halides is 1. The standard InChI is InChI=1S/C42H49BrN2O5Si2/c1-41(2,3)51(32-19-11-7-12-20-32,33-21-13-8-14-22-33)48-30-37-36(27-38(49-37)45-29-31(28-43)39(46)44-40(45)47)50-52(42(4,5)6,34-23-15-9-16-24-34)35-25-17-10-18-26-35/h7-26,29,36-38H,27-28,30H2,1-6H3,(H,44,46,47)/t36-,37+,38+/m0/s1. The third kappa shape index (κ3) is 7.17. The highest BCUT2D eigenvalue weighted by Crippen LogP contribution is 2.42. The highest BCUT2D eigenvalue weighted by Gasteiger charge is 2.55. The Morgan fingerprint density at radius 2 is 1.13 bits per heavy atom. The zero-order chi connectivity index (χ0) is 37.1. The molecule has 0 spiro atoms. The van der Waals surface area contributed by atoms with Gasteiger partial charge in [-0.1, -0.05) is 179 Å². The predicted molar refractivity (Wildman–Crippen MR) is 219 cm³/mol. The van der Waals surface area contributed by atoms with Crippen LogP contribution in [0.5, 0.6) is 0 Å². The second-order valence-electron chi connectivity index (χ2n) is 15.6. The minimum atomic E-state index is -3.04. The van der Waals surface area contributed by atoms with Crippen LogP contribution in [0.1, 0.15) is 59.8 Å². The summed E-state index contributed by atoms with van der Waals surface area (Å²) in [5.74, 6) is 0.